The summed E-state index contributed by atoms with van der Waals surface area (Å²) in [6.07, 6.45) is 3.77. The molecule has 142 valence electrons. The van der Waals surface area contributed by atoms with Gasteiger partial charge in [-0.2, -0.15) is 0 Å². The summed E-state index contributed by atoms with van der Waals surface area (Å²) in [5.41, 5.74) is 1.17. The van der Waals surface area contributed by atoms with Crippen molar-refractivity contribution in [3.8, 4) is 0 Å². The van der Waals surface area contributed by atoms with Gasteiger partial charge >= 0.3 is 0 Å². The highest BCUT2D eigenvalue weighted by Crippen LogP contribution is 2.20. The zero-order chi connectivity index (χ0) is 17.6. The average Bonchev–Trinajstić information content (AvgIpc) is 3.06. The van der Waals surface area contributed by atoms with Gasteiger partial charge in [0.05, 0.1) is 12.6 Å². The molecule has 1 aromatic carbocycles. The minimum Gasteiger partial charge on any atom is -0.338 e. The zero-order valence-electron chi connectivity index (χ0n) is 15.5. The topological polar surface area (TPSA) is 53.4 Å². The number of aryl methyl sites for hydroxylation is 1. The van der Waals surface area contributed by atoms with E-state index in [2.05, 4.69) is 27.3 Å². The molecule has 1 saturated heterocycles. The van der Waals surface area contributed by atoms with Gasteiger partial charge in [0, 0.05) is 52.2 Å². The molecular formula is C19H28ClN5O. The lowest BCUT2D eigenvalue weighted by Gasteiger charge is -2.36. The number of carbonyl (C=O) groups excluding carboxylic acids is 1. The molecule has 2 aromatic rings. The number of amides is 1. The van der Waals surface area contributed by atoms with Crippen LogP contribution in [0.15, 0.2) is 42.7 Å². The number of hydrogen-bond acceptors (Lipinski definition) is 4. The van der Waals surface area contributed by atoms with Crippen LogP contribution in [0.4, 0.5) is 0 Å². The van der Waals surface area contributed by atoms with Crippen molar-refractivity contribution in [1.82, 2.24) is 24.7 Å². The fourth-order valence-electron chi connectivity index (χ4n) is 3.34. The molecule has 0 saturated carbocycles. The van der Waals surface area contributed by atoms with Gasteiger partial charge in [0.2, 0.25) is 5.91 Å². The summed E-state index contributed by atoms with van der Waals surface area (Å²) in [4.78, 5) is 21.5. The summed E-state index contributed by atoms with van der Waals surface area (Å²) >= 11 is 0. The molecule has 0 radical (unpaired) electrons. The fraction of sp³-hybridized carbons (Fsp3) is 0.474. The van der Waals surface area contributed by atoms with Crippen LogP contribution in [-0.4, -0.2) is 58.0 Å². The molecule has 0 aliphatic carbocycles. The van der Waals surface area contributed by atoms with Gasteiger partial charge in [-0.15, -0.1) is 12.4 Å². The Kier molecular flexibility index (Phi) is 7.63. The Bertz CT molecular complexity index is 690. The number of nitrogens with zero attached hydrogens (tertiary/aromatic N) is 4. The van der Waals surface area contributed by atoms with Gasteiger partial charge in [-0.3, -0.25) is 9.69 Å². The maximum atomic E-state index is 12.9. The number of piperazine rings is 1. The first kappa shape index (κ1) is 20.4. The van der Waals surface area contributed by atoms with Gasteiger partial charge in [-0.05, 0) is 12.5 Å². The van der Waals surface area contributed by atoms with E-state index in [1.165, 1.54) is 5.56 Å². The van der Waals surface area contributed by atoms with E-state index in [0.717, 1.165) is 25.5 Å². The molecule has 6 nitrogen and oxygen atoms in total. The Hall–Kier alpha value is -1.89. The van der Waals surface area contributed by atoms with Crippen molar-refractivity contribution in [2.24, 2.45) is 7.05 Å². The molecule has 1 aromatic heterocycles. The van der Waals surface area contributed by atoms with Crippen molar-refractivity contribution < 1.29 is 4.79 Å². The number of halogens is 1. The van der Waals surface area contributed by atoms with E-state index in [1.54, 1.807) is 0 Å². The van der Waals surface area contributed by atoms with E-state index in [4.69, 9.17) is 0 Å². The quantitative estimate of drug-likeness (QED) is 0.834. The lowest BCUT2D eigenvalue weighted by Crippen LogP contribution is -2.50. The van der Waals surface area contributed by atoms with E-state index in [9.17, 15) is 4.79 Å². The number of aromatic nitrogens is 2. The first-order chi connectivity index (χ1) is 12.2. The summed E-state index contributed by atoms with van der Waals surface area (Å²) in [5.74, 6) is 1.18. The molecule has 2 heterocycles. The SMILES string of the molecule is CCN(Cc1ccccc1)C(=O)CN1CCNCC1c1nccn1C.Cl. The molecule has 1 atom stereocenters. The second-order valence-corrected chi connectivity index (χ2v) is 6.48. The predicted molar refractivity (Wildman–Crippen MR) is 105 cm³/mol. The molecule has 26 heavy (non-hydrogen) atoms. The van der Waals surface area contributed by atoms with Crippen LogP contribution >= 0.6 is 12.4 Å². The molecule has 3 rings (SSSR count). The molecular weight excluding hydrogens is 350 g/mol. The maximum absolute atomic E-state index is 12.9. The van der Waals surface area contributed by atoms with Gasteiger partial charge in [0.25, 0.3) is 0 Å². The van der Waals surface area contributed by atoms with Gasteiger partial charge < -0.3 is 14.8 Å². The first-order valence-corrected chi connectivity index (χ1v) is 8.92. The number of likely N-dealkylation sites (N-methyl/N-ethyl adjacent to an activating group) is 1. The number of carbonyl (C=O) groups is 1. The van der Waals surface area contributed by atoms with E-state index in [1.807, 2.05) is 54.0 Å². The van der Waals surface area contributed by atoms with Crippen LogP contribution in [0.1, 0.15) is 24.4 Å². The number of imidazole rings is 1. The van der Waals surface area contributed by atoms with Crippen LogP contribution in [0.2, 0.25) is 0 Å². The second-order valence-electron chi connectivity index (χ2n) is 6.48. The van der Waals surface area contributed by atoms with Crippen molar-refractivity contribution >= 4 is 18.3 Å². The third-order valence-electron chi connectivity index (χ3n) is 4.80. The fourth-order valence-corrected chi connectivity index (χ4v) is 3.34. The minimum absolute atomic E-state index is 0. The van der Waals surface area contributed by atoms with Crippen LogP contribution < -0.4 is 5.32 Å². The summed E-state index contributed by atoms with van der Waals surface area (Å²) < 4.78 is 2.04. The molecule has 1 N–H and O–H groups in total. The summed E-state index contributed by atoms with van der Waals surface area (Å²) in [6.45, 7) is 6.42. The van der Waals surface area contributed by atoms with Gasteiger partial charge in [-0.1, -0.05) is 30.3 Å². The largest absolute Gasteiger partial charge is 0.338 e. The molecule has 1 aliphatic rings. The first-order valence-electron chi connectivity index (χ1n) is 8.92. The Morgan fingerprint density at radius 3 is 2.77 bits per heavy atom. The monoisotopic (exact) mass is 377 g/mol. The Morgan fingerprint density at radius 1 is 1.35 bits per heavy atom. The molecule has 1 aliphatic heterocycles. The standard InChI is InChI=1S/C19H27N5O.ClH/c1-3-23(14-16-7-5-4-6-8-16)18(25)15-24-12-9-20-13-17(24)19-21-10-11-22(19)2;/h4-8,10-11,17,20H,3,9,12-15H2,1-2H3;1H. The van der Waals surface area contributed by atoms with Gasteiger partial charge in [-0.25, -0.2) is 4.98 Å². The molecule has 7 heteroatoms. The van der Waals surface area contributed by atoms with Crippen molar-refractivity contribution in [2.45, 2.75) is 19.5 Å². The Labute approximate surface area is 161 Å². The summed E-state index contributed by atoms with van der Waals surface area (Å²) in [7, 11) is 2.00. The van der Waals surface area contributed by atoms with E-state index < -0.39 is 0 Å². The van der Waals surface area contributed by atoms with Crippen molar-refractivity contribution in [3.05, 3.63) is 54.1 Å². The lowest BCUT2D eigenvalue weighted by molar-refractivity contribution is -0.133. The minimum atomic E-state index is 0. The van der Waals surface area contributed by atoms with Crippen LogP contribution in [0.25, 0.3) is 0 Å². The highest BCUT2D eigenvalue weighted by Gasteiger charge is 2.29. The molecule has 1 unspecified atom stereocenters. The van der Waals surface area contributed by atoms with Gasteiger partial charge in [0.1, 0.15) is 5.82 Å². The molecule has 1 fully saturated rings. The van der Waals surface area contributed by atoms with Crippen molar-refractivity contribution in [1.29, 1.82) is 0 Å². The third kappa shape index (κ3) is 4.84. The highest BCUT2D eigenvalue weighted by atomic mass is 35.5. The Morgan fingerprint density at radius 2 is 2.12 bits per heavy atom. The third-order valence-corrected chi connectivity index (χ3v) is 4.80. The average molecular weight is 378 g/mol. The lowest BCUT2D eigenvalue weighted by atomic mass is 10.1. The summed E-state index contributed by atoms with van der Waals surface area (Å²) in [5, 5.41) is 3.42. The van der Waals surface area contributed by atoms with Crippen molar-refractivity contribution in [2.75, 3.05) is 32.7 Å². The van der Waals surface area contributed by atoms with Crippen molar-refractivity contribution in [3.63, 3.8) is 0 Å². The zero-order valence-corrected chi connectivity index (χ0v) is 16.3. The van der Waals surface area contributed by atoms with E-state index in [0.29, 0.717) is 19.6 Å². The smallest absolute Gasteiger partial charge is 0.237 e. The maximum Gasteiger partial charge on any atom is 0.237 e. The second kappa shape index (κ2) is 9.71. The summed E-state index contributed by atoms with van der Waals surface area (Å²) in [6, 6.07) is 10.3. The van der Waals surface area contributed by atoms with Gasteiger partial charge in [0.15, 0.2) is 0 Å². The van der Waals surface area contributed by atoms with E-state index >= 15 is 0 Å². The van der Waals surface area contributed by atoms with Crippen LogP contribution in [0, 0.1) is 0 Å². The number of rotatable bonds is 6. The predicted octanol–water partition coefficient (Wildman–Crippen LogP) is 1.84. The van der Waals surface area contributed by atoms with Crippen LogP contribution in [-0.2, 0) is 18.4 Å². The number of benzene rings is 1. The molecule has 1 amide bonds. The van der Waals surface area contributed by atoms with E-state index in [-0.39, 0.29) is 24.4 Å². The molecule has 0 spiro atoms. The van der Waals surface area contributed by atoms with Crippen LogP contribution in [0.3, 0.4) is 0 Å². The number of nitrogens with one attached hydrogen (secondary N) is 1. The normalized spacial score (nSPS) is 17.5. The highest BCUT2D eigenvalue weighted by molar-refractivity contribution is 5.85. The number of hydrogen-bond donors (Lipinski definition) is 1. The van der Waals surface area contributed by atoms with Crippen LogP contribution in [0.5, 0.6) is 0 Å². The Balaban J connectivity index is 0.00000243. The molecule has 0 bridgehead atoms.